The number of carbonyl (C=O) groups is 2. The van der Waals surface area contributed by atoms with Gasteiger partial charge in [0.25, 0.3) is 11.8 Å². The summed E-state index contributed by atoms with van der Waals surface area (Å²) in [6, 6.07) is 10.1. The van der Waals surface area contributed by atoms with Gasteiger partial charge in [0.1, 0.15) is 5.71 Å². The number of primary amides is 1. The van der Waals surface area contributed by atoms with Crippen LogP contribution in [0, 0.1) is 0 Å². The van der Waals surface area contributed by atoms with E-state index in [1.807, 2.05) is 12.1 Å². The van der Waals surface area contributed by atoms with E-state index >= 15 is 0 Å². The van der Waals surface area contributed by atoms with Crippen molar-refractivity contribution in [1.29, 1.82) is 0 Å². The molecular weight excluding hydrogens is 344 g/mol. The van der Waals surface area contributed by atoms with Crippen LogP contribution >= 0.6 is 0 Å². The Bertz CT molecular complexity index is 954. The van der Waals surface area contributed by atoms with Crippen LogP contribution in [0.15, 0.2) is 41.6 Å². The second kappa shape index (κ2) is 6.92. The van der Waals surface area contributed by atoms with Crippen LogP contribution in [0.1, 0.15) is 40.3 Å². The van der Waals surface area contributed by atoms with Crippen molar-refractivity contribution in [2.24, 2.45) is 10.8 Å². The average molecular weight is 364 g/mol. The molecule has 0 saturated heterocycles. The standard InChI is InChI=1S/C20H20N4O3/c1-24-20(26)16(9-17(23-24)19(21)25)18-13(3-2-6-22-18)7-12-4-5-14-10-27-11-15(14)8-12/h2-6,8,16H,7,9-11H2,1H3,(H2,21,25). The number of hydrogen-bond acceptors (Lipinski definition) is 5. The molecule has 7 nitrogen and oxygen atoms in total. The minimum atomic E-state index is -0.615. The molecule has 1 aromatic heterocycles. The molecule has 2 aliphatic rings. The van der Waals surface area contributed by atoms with Gasteiger partial charge in [0, 0.05) is 19.7 Å². The van der Waals surface area contributed by atoms with Crippen LogP contribution in [0.25, 0.3) is 0 Å². The van der Waals surface area contributed by atoms with E-state index < -0.39 is 11.8 Å². The summed E-state index contributed by atoms with van der Waals surface area (Å²) in [4.78, 5) is 28.7. The van der Waals surface area contributed by atoms with Crippen LogP contribution in [0.2, 0.25) is 0 Å². The van der Waals surface area contributed by atoms with Crippen LogP contribution in [-0.4, -0.2) is 34.6 Å². The third-order valence-corrected chi connectivity index (χ3v) is 5.01. The number of rotatable bonds is 4. The number of hydrogen-bond donors (Lipinski definition) is 1. The summed E-state index contributed by atoms with van der Waals surface area (Å²) in [7, 11) is 1.53. The second-order valence-corrected chi connectivity index (χ2v) is 6.85. The number of hydrazone groups is 1. The van der Waals surface area contributed by atoms with Crippen molar-refractivity contribution in [1.82, 2.24) is 9.99 Å². The minimum absolute atomic E-state index is 0.167. The first-order chi connectivity index (χ1) is 13.0. The fourth-order valence-corrected chi connectivity index (χ4v) is 3.61. The molecule has 2 amide bonds. The summed E-state index contributed by atoms with van der Waals surface area (Å²) < 4.78 is 5.48. The van der Waals surface area contributed by atoms with Gasteiger partial charge in [0.05, 0.1) is 24.8 Å². The highest BCUT2D eigenvalue weighted by molar-refractivity contribution is 6.39. The zero-order valence-electron chi connectivity index (χ0n) is 15.0. The van der Waals surface area contributed by atoms with Crippen molar-refractivity contribution >= 4 is 17.5 Å². The SMILES string of the molecule is CN1N=C(C(N)=O)CC(c2ncccc2Cc2ccc3c(c2)COC3)C1=O. The molecule has 0 saturated carbocycles. The molecule has 0 radical (unpaired) electrons. The predicted molar refractivity (Wildman–Crippen MR) is 98.7 cm³/mol. The summed E-state index contributed by atoms with van der Waals surface area (Å²) in [5, 5.41) is 5.16. The Morgan fingerprint density at radius 2 is 2.11 bits per heavy atom. The van der Waals surface area contributed by atoms with Gasteiger partial charge in [-0.05, 0) is 34.7 Å². The molecule has 27 heavy (non-hydrogen) atoms. The summed E-state index contributed by atoms with van der Waals surface area (Å²) in [6.45, 7) is 1.29. The van der Waals surface area contributed by atoms with E-state index in [9.17, 15) is 9.59 Å². The summed E-state index contributed by atoms with van der Waals surface area (Å²) >= 11 is 0. The van der Waals surface area contributed by atoms with Crippen molar-refractivity contribution in [3.63, 3.8) is 0 Å². The number of nitrogens with zero attached hydrogens (tertiary/aromatic N) is 3. The van der Waals surface area contributed by atoms with Gasteiger partial charge in [-0.2, -0.15) is 5.10 Å². The third kappa shape index (κ3) is 3.33. The van der Waals surface area contributed by atoms with Gasteiger partial charge < -0.3 is 10.5 Å². The Morgan fingerprint density at radius 3 is 2.93 bits per heavy atom. The van der Waals surface area contributed by atoms with E-state index in [0.717, 1.165) is 11.1 Å². The maximum absolute atomic E-state index is 12.7. The summed E-state index contributed by atoms with van der Waals surface area (Å²) in [5.74, 6) is -1.37. The van der Waals surface area contributed by atoms with Crippen LogP contribution in [-0.2, 0) is 34.0 Å². The van der Waals surface area contributed by atoms with Crippen LogP contribution in [0.4, 0.5) is 0 Å². The smallest absolute Gasteiger partial charge is 0.264 e. The molecule has 2 aliphatic heterocycles. The van der Waals surface area contributed by atoms with Crippen molar-refractivity contribution in [3.8, 4) is 0 Å². The maximum atomic E-state index is 12.7. The molecule has 3 heterocycles. The lowest BCUT2D eigenvalue weighted by Crippen LogP contribution is -2.40. The van der Waals surface area contributed by atoms with E-state index in [-0.39, 0.29) is 18.0 Å². The average Bonchev–Trinajstić information content (AvgIpc) is 3.12. The Morgan fingerprint density at radius 1 is 1.30 bits per heavy atom. The topological polar surface area (TPSA) is 97.9 Å². The van der Waals surface area contributed by atoms with Gasteiger partial charge in [-0.25, -0.2) is 5.01 Å². The number of nitrogens with two attached hydrogens (primary N) is 1. The first-order valence-electron chi connectivity index (χ1n) is 8.80. The van der Waals surface area contributed by atoms with Crippen LogP contribution < -0.4 is 5.73 Å². The zero-order chi connectivity index (χ0) is 19.0. The molecule has 7 heteroatoms. The van der Waals surface area contributed by atoms with Crippen molar-refractivity contribution in [2.75, 3.05) is 7.05 Å². The van der Waals surface area contributed by atoms with E-state index in [2.05, 4.69) is 28.3 Å². The largest absolute Gasteiger partial charge is 0.372 e. The number of carbonyl (C=O) groups excluding carboxylic acids is 2. The molecular formula is C20H20N4O3. The highest BCUT2D eigenvalue weighted by atomic mass is 16.5. The normalized spacial score (nSPS) is 19.0. The van der Waals surface area contributed by atoms with Gasteiger partial charge >= 0.3 is 0 Å². The van der Waals surface area contributed by atoms with E-state index in [1.54, 1.807) is 6.20 Å². The molecule has 138 valence electrons. The second-order valence-electron chi connectivity index (χ2n) is 6.85. The van der Waals surface area contributed by atoms with E-state index in [4.69, 9.17) is 10.5 Å². The predicted octanol–water partition coefficient (Wildman–Crippen LogP) is 1.49. The Hall–Kier alpha value is -3.06. The number of ether oxygens (including phenoxy) is 1. The lowest BCUT2D eigenvalue weighted by Gasteiger charge is -2.26. The van der Waals surface area contributed by atoms with Crippen molar-refractivity contribution in [2.45, 2.75) is 32.0 Å². The lowest BCUT2D eigenvalue weighted by atomic mass is 9.89. The fourth-order valence-electron chi connectivity index (χ4n) is 3.61. The minimum Gasteiger partial charge on any atom is -0.372 e. The Balaban J connectivity index is 1.66. The Kier molecular flexibility index (Phi) is 4.45. The van der Waals surface area contributed by atoms with E-state index in [1.165, 1.54) is 23.2 Å². The molecule has 1 unspecified atom stereocenters. The number of pyridine rings is 1. The van der Waals surface area contributed by atoms with Gasteiger partial charge in [-0.1, -0.05) is 24.3 Å². The molecule has 1 aromatic carbocycles. The number of benzene rings is 1. The molecule has 2 aromatic rings. The monoisotopic (exact) mass is 364 g/mol. The molecule has 2 N–H and O–H groups in total. The van der Waals surface area contributed by atoms with Gasteiger partial charge in [0.15, 0.2) is 0 Å². The number of likely N-dealkylation sites (N-methyl/N-ethyl adjacent to an activating group) is 1. The molecule has 0 spiro atoms. The van der Waals surface area contributed by atoms with Crippen LogP contribution in [0.3, 0.4) is 0 Å². The van der Waals surface area contributed by atoms with Crippen LogP contribution in [0.5, 0.6) is 0 Å². The molecule has 0 bridgehead atoms. The first kappa shape index (κ1) is 17.4. The van der Waals surface area contributed by atoms with E-state index in [0.29, 0.717) is 25.3 Å². The maximum Gasteiger partial charge on any atom is 0.264 e. The third-order valence-electron chi connectivity index (χ3n) is 5.01. The molecule has 0 fully saturated rings. The summed E-state index contributed by atoms with van der Waals surface area (Å²) in [5.41, 5.74) is 10.8. The first-order valence-corrected chi connectivity index (χ1v) is 8.80. The molecule has 1 atom stereocenters. The quantitative estimate of drug-likeness (QED) is 0.889. The van der Waals surface area contributed by atoms with Gasteiger partial charge in [-0.3, -0.25) is 14.6 Å². The van der Waals surface area contributed by atoms with Crippen molar-refractivity contribution in [3.05, 3.63) is 64.5 Å². The number of fused-ring (bicyclic) bond motifs is 1. The lowest BCUT2D eigenvalue weighted by molar-refractivity contribution is -0.132. The molecule has 0 aliphatic carbocycles. The molecule has 4 rings (SSSR count). The summed E-state index contributed by atoms with van der Waals surface area (Å²) in [6.07, 6.45) is 2.48. The van der Waals surface area contributed by atoms with Gasteiger partial charge in [-0.15, -0.1) is 0 Å². The van der Waals surface area contributed by atoms with Crippen molar-refractivity contribution < 1.29 is 14.3 Å². The van der Waals surface area contributed by atoms with Gasteiger partial charge in [0.2, 0.25) is 0 Å². The number of amides is 2. The zero-order valence-corrected chi connectivity index (χ0v) is 15.0. The fraction of sp³-hybridized carbons (Fsp3) is 0.300. The Labute approximate surface area is 156 Å². The highest BCUT2D eigenvalue weighted by Gasteiger charge is 2.34. The number of aromatic nitrogens is 1. The highest BCUT2D eigenvalue weighted by Crippen LogP contribution is 2.29.